The van der Waals surface area contributed by atoms with E-state index >= 15 is 0 Å². The van der Waals surface area contributed by atoms with E-state index in [4.69, 9.17) is 16.7 Å². The molecule has 15 heavy (non-hydrogen) atoms. The summed E-state index contributed by atoms with van der Waals surface area (Å²) in [5, 5.41) is 20.6. The number of anilines is 1. The fourth-order valence-electron chi connectivity index (χ4n) is 0.800. The standard InChI is InChI=1S/C8H11ClFN3O2/c1-8(15,4-14)3-12-6-5(10)2-11-7(9)13-6/h2,14-15H,3-4H2,1H3,(H,11,12,13). The van der Waals surface area contributed by atoms with Crippen molar-refractivity contribution in [3.8, 4) is 0 Å². The number of hydrogen-bond acceptors (Lipinski definition) is 5. The maximum absolute atomic E-state index is 13.1. The molecule has 84 valence electrons. The molecule has 0 bridgehead atoms. The molecule has 5 nitrogen and oxygen atoms in total. The van der Waals surface area contributed by atoms with E-state index in [1.54, 1.807) is 0 Å². The molecule has 3 N–H and O–H groups in total. The summed E-state index contributed by atoms with van der Waals surface area (Å²) in [5.41, 5.74) is -1.34. The van der Waals surface area contributed by atoms with Crippen LogP contribution in [-0.4, -0.2) is 38.9 Å². The molecule has 0 saturated heterocycles. The lowest BCUT2D eigenvalue weighted by molar-refractivity contribution is 0.0131. The number of halogens is 2. The van der Waals surface area contributed by atoms with Gasteiger partial charge >= 0.3 is 0 Å². The van der Waals surface area contributed by atoms with Gasteiger partial charge in [0.1, 0.15) is 5.60 Å². The van der Waals surface area contributed by atoms with E-state index in [0.29, 0.717) is 0 Å². The lowest BCUT2D eigenvalue weighted by Crippen LogP contribution is -2.37. The van der Waals surface area contributed by atoms with Crippen LogP contribution in [0.1, 0.15) is 6.92 Å². The van der Waals surface area contributed by atoms with Crippen LogP contribution in [0.15, 0.2) is 6.20 Å². The Morgan fingerprint density at radius 1 is 1.67 bits per heavy atom. The summed E-state index contributed by atoms with van der Waals surface area (Å²) in [6, 6.07) is 0. The van der Waals surface area contributed by atoms with Crippen LogP contribution in [0.4, 0.5) is 10.2 Å². The van der Waals surface area contributed by atoms with Crippen LogP contribution in [0.25, 0.3) is 0 Å². The van der Waals surface area contributed by atoms with Crippen LogP contribution in [0.2, 0.25) is 5.28 Å². The minimum atomic E-state index is -1.34. The topological polar surface area (TPSA) is 78.3 Å². The first-order chi connectivity index (χ1) is 6.94. The fraction of sp³-hybridized carbons (Fsp3) is 0.500. The molecular formula is C8H11ClFN3O2. The highest BCUT2D eigenvalue weighted by atomic mass is 35.5. The Kier molecular flexibility index (Phi) is 3.78. The number of nitrogens with zero attached hydrogens (tertiary/aromatic N) is 2. The zero-order valence-corrected chi connectivity index (χ0v) is 8.79. The first-order valence-corrected chi connectivity index (χ1v) is 4.57. The summed E-state index contributed by atoms with van der Waals surface area (Å²) in [5.74, 6) is -0.781. The summed E-state index contributed by atoms with van der Waals surface area (Å²) < 4.78 is 13.1. The first-order valence-electron chi connectivity index (χ1n) is 4.20. The Morgan fingerprint density at radius 3 is 2.93 bits per heavy atom. The minimum Gasteiger partial charge on any atom is -0.393 e. The molecule has 1 aromatic rings. The summed E-state index contributed by atoms with van der Waals surface area (Å²) in [4.78, 5) is 7.02. The number of aliphatic hydroxyl groups is 2. The minimum absolute atomic E-state index is 0.0479. The predicted molar refractivity (Wildman–Crippen MR) is 53.2 cm³/mol. The van der Waals surface area contributed by atoms with Gasteiger partial charge in [-0.3, -0.25) is 0 Å². The first kappa shape index (κ1) is 12.1. The van der Waals surface area contributed by atoms with Gasteiger partial charge in [-0.2, -0.15) is 4.98 Å². The predicted octanol–water partition coefficient (Wildman–Crippen LogP) is 0.424. The SMILES string of the molecule is CC(O)(CO)CNc1nc(Cl)ncc1F. The highest BCUT2D eigenvalue weighted by molar-refractivity contribution is 6.28. The van der Waals surface area contributed by atoms with Gasteiger partial charge in [0.05, 0.1) is 12.8 Å². The van der Waals surface area contributed by atoms with Crippen molar-refractivity contribution in [3.05, 3.63) is 17.3 Å². The molecule has 1 heterocycles. The van der Waals surface area contributed by atoms with Crippen molar-refractivity contribution in [3.63, 3.8) is 0 Å². The third-order valence-electron chi connectivity index (χ3n) is 1.69. The molecule has 1 rings (SSSR count). The highest BCUT2D eigenvalue weighted by Crippen LogP contribution is 2.13. The third-order valence-corrected chi connectivity index (χ3v) is 1.87. The number of nitrogens with one attached hydrogen (secondary N) is 1. The van der Waals surface area contributed by atoms with E-state index < -0.39 is 18.0 Å². The largest absolute Gasteiger partial charge is 0.393 e. The normalized spacial score (nSPS) is 14.7. The van der Waals surface area contributed by atoms with Crippen LogP contribution in [0.3, 0.4) is 0 Å². The van der Waals surface area contributed by atoms with Gasteiger partial charge in [0, 0.05) is 6.54 Å². The molecule has 0 aliphatic rings. The van der Waals surface area contributed by atoms with E-state index in [1.807, 2.05) is 0 Å². The molecule has 1 aromatic heterocycles. The van der Waals surface area contributed by atoms with Gasteiger partial charge in [-0.1, -0.05) is 0 Å². The Labute approximate surface area is 90.9 Å². The van der Waals surface area contributed by atoms with E-state index in [-0.39, 0.29) is 17.6 Å². The maximum atomic E-state index is 13.1. The Hall–Kier alpha value is -0.980. The molecule has 0 saturated carbocycles. The van der Waals surface area contributed by atoms with Crippen LogP contribution in [0.5, 0.6) is 0 Å². The Morgan fingerprint density at radius 2 is 2.33 bits per heavy atom. The van der Waals surface area contributed by atoms with Crippen molar-refractivity contribution in [2.24, 2.45) is 0 Å². The monoisotopic (exact) mass is 235 g/mol. The molecule has 0 amide bonds. The molecular weight excluding hydrogens is 225 g/mol. The molecule has 0 spiro atoms. The van der Waals surface area contributed by atoms with E-state index in [2.05, 4.69) is 15.3 Å². The van der Waals surface area contributed by atoms with Crippen molar-refractivity contribution >= 4 is 17.4 Å². The molecule has 1 atom stereocenters. The Bertz CT molecular complexity index is 349. The summed E-state index contributed by atoms with van der Waals surface area (Å²) in [6.07, 6.45) is 0.922. The Balaban J connectivity index is 2.69. The van der Waals surface area contributed by atoms with Crippen molar-refractivity contribution < 1.29 is 14.6 Å². The summed E-state index contributed by atoms with van der Waals surface area (Å²) >= 11 is 5.46. The van der Waals surface area contributed by atoms with E-state index in [9.17, 15) is 9.50 Å². The van der Waals surface area contributed by atoms with Gasteiger partial charge in [0.15, 0.2) is 11.6 Å². The van der Waals surface area contributed by atoms with Crippen molar-refractivity contribution in [2.45, 2.75) is 12.5 Å². The zero-order valence-electron chi connectivity index (χ0n) is 8.04. The van der Waals surface area contributed by atoms with Gasteiger partial charge in [0.25, 0.3) is 0 Å². The van der Waals surface area contributed by atoms with Crippen LogP contribution in [0, 0.1) is 5.82 Å². The van der Waals surface area contributed by atoms with Crippen LogP contribution < -0.4 is 5.32 Å². The van der Waals surface area contributed by atoms with Gasteiger partial charge in [-0.05, 0) is 18.5 Å². The van der Waals surface area contributed by atoms with Crippen LogP contribution >= 0.6 is 11.6 Å². The number of aliphatic hydroxyl groups excluding tert-OH is 1. The smallest absolute Gasteiger partial charge is 0.224 e. The van der Waals surface area contributed by atoms with Crippen molar-refractivity contribution in [1.82, 2.24) is 9.97 Å². The number of rotatable bonds is 4. The third kappa shape index (κ3) is 3.58. The molecule has 0 fully saturated rings. The average molecular weight is 236 g/mol. The molecule has 0 radical (unpaired) electrons. The lowest BCUT2D eigenvalue weighted by Gasteiger charge is -2.20. The van der Waals surface area contributed by atoms with Crippen LogP contribution in [-0.2, 0) is 0 Å². The second-order valence-electron chi connectivity index (χ2n) is 3.34. The average Bonchev–Trinajstić information content (AvgIpc) is 2.20. The number of hydrogen-bond donors (Lipinski definition) is 3. The van der Waals surface area contributed by atoms with E-state index in [0.717, 1.165) is 6.20 Å². The highest BCUT2D eigenvalue weighted by Gasteiger charge is 2.19. The van der Waals surface area contributed by atoms with Gasteiger partial charge in [-0.25, -0.2) is 9.37 Å². The van der Waals surface area contributed by atoms with E-state index in [1.165, 1.54) is 6.92 Å². The quantitative estimate of drug-likeness (QED) is 0.660. The number of aromatic nitrogens is 2. The molecule has 7 heteroatoms. The fourth-order valence-corrected chi connectivity index (χ4v) is 0.933. The van der Waals surface area contributed by atoms with Gasteiger partial charge in [0.2, 0.25) is 5.28 Å². The summed E-state index contributed by atoms with van der Waals surface area (Å²) in [7, 11) is 0. The molecule has 0 aromatic carbocycles. The molecule has 0 aliphatic heterocycles. The lowest BCUT2D eigenvalue weighted by atomic mass is 10.1. The van der Waals surface area contributed by atoms with Gasteiger partial charge in [-0.15, -0.1) is 0 Å². The van der Waals surface area contributed by atoms with Crippen molar-refractivity contribution in [2.75, 3.05) is 18.5 Å². The molecule has 0 aliphatic carbocycles. The second kappa shape index (κ2) is 4.69. The zero-order chi connectivity index (χ0) is 11.5. The maximum Gasteiger partial charge on any atom is 0.224 e. The second-order valence-corrected chi connectivity index (χ2v) is 3.68. The molecule has 1 unspecified atom stereocenters. The summed E-state index contributed by atoms with van der Waals surface area (Å²) in [6.45, 7) is 0.912. The van der Waals surface area contributed by atoms with Gasteiger partial charge < -0.3 is 15.5 Å². The van der Waals surface area contributed by atoms with Crippen molar-refractivity contribution in [1.29, 1.82) is 0 Å².